The number of hydrogen-bond donors (Lipinski definition) is 1. The number of aromatic nitrogens is 3. The second-order valence-corrected chi connectivity index (χ2v) is 8.27. The molecule has 0 atom stereocenters. The van der Waals surface area contributed by atoms with Gasteiger partial charge in [-0.1, -0.05) is 20.8 Å². The van der Waals surface area contributed by atoms with E-state index in [9.17, 15) is 9.90 Å². The highest BCUT2D eigenvalue weighted by Gasteiger charge is 2.23. The topological polar surface area (TPSA) is 70.7 Å². The van der Waals surface area contributed by atoms with Gasteiger partial charge in [0.1, 0.15) is 11.9 Å². The summed E-state index contributed by atoms with van der Waals surface area (Å²) >= 11 is 1.38. The molecule has 1 aromatic carbocycles. The summed E-state index contributed by atoms with van der Waals surface area (Å²) in [6.07, 6.45) is 1.22. The average Bonchev–Trinajstić information content (AvgIpc) is 2.90. The van der Waals surface area contributed by atoms with Gasteiger partial charge >= 0.3 is 0 Å². The number of rotatable bonds is 3. The molecule has 2 heterocycles. The predicted molar refractivity (Wildman–Crippen MR) is 108 cm³/mol. The van der Waals surface area contributed by atoms with Crippen molar-refractivity contribution in [1.29, 1.82) is 0 Å². The Morgan fingerprint density at radius 3 is 2.58 bits per heavy atom. The quantitative estimate of drug-likeness (QED) is 0.738. The number of aromatic hydroxyl groups is 1. The van der Waals surface area contributed by atoms with Crippen molar-refractivity contribution < 1.29 is 5.11 Å². The highest BCUT2D eigenvalue weighted by Crippen LogP contribution is 2.38. The van der Waals surface area contributed by atoms with E-state index in [4.69, 9.17) is 0 Å². The standard InChI is InChI=1S/C18H22N4O2S.ClH/c1-18(2,3)13-7-11(6-12(16(13)24)9-21(4)5)14-10-25-17-20-15(23)8-19-22(14)17;/h6-8,10,24H,9H2,1-5H3;1H. The summed E-state index contributed by atoms with van der Waals surface area (Å²) in [7, 11) is 3.94. The number of fused-ring (bicyclic) bond motifs is 1. The molecule has 0 fully saturated rings. The van der Waals surface area contributed by atoms with Gasteiger partial charge in [0.2, 0.25) is 4.96 Å². The van der Waals surface area contributed by atoms with Gasteiger partial charge < -0.3 is 10.0 Å². The van der Waals surface area contributed by atoms with E-state index >= 15 is 0 Å². The van der Waals surface area contributed by atoms with Gasteiger partial charge in [-0.2, -0.15) is 10.1 Å². The summed E-state index contributed by atoms with van der Waals surface area (Å²) in [4.78, 5) is 18.0. The fraction of sp³-hybridized carbons (Fsp3) is 0.389. The fourth-order valence-corrected chi connectivity index (χ4v) is 3.63. The number of nitrogens with zero attached hydrogens (tertiary/aromatic N) is 4. The van der Waals surface area contributed by atoms with Crippen molar-refractivity contribution in [2.24, 2.45) is 0 Å². The molecule has 1 N–H and O–H groups in total. The van der Waals surface area contributed by atoms with Gasteiger partial charge in [-0.15, -0.1) is 23.7 Å². The summed E-state index contributed by atoms with van der Waals surface area (Å²) in [5, 5.41) is 16.9. The van der Waals surface area contributed by atoms with Crippen molar-refractivity contribution in [2.75, 3.05) is 14.1 Å². The Hall–Kier alpha value is -1.96. The second kappa shape index (κ2) is 7.34. The number of phenols is 1. The van der Waals surface area contributed by atoms with Crippen LogP contribution in [-0.2, 0) is 12.0 Å². The number of halogens is 1. The van der Waals surface area contributed by atoms with Crippen LogP contribution in [0.4, 0.5) is 0 Å². The van der Waals surface area contributed by atoms with Gasteiger partial charge in [0, 0.05) is 28.6 Å². The summed E-state index contributed by atoms with van der Waals surface area (Å²) < 4.78 is 1.67. The molecule has 0 bridgehead atoms. The molecule has 3 rings (SSSR count). The Morgan fingerprint density at radius 2 is 1.96 bits per heavy atom. The first-order valence-corrected chi connectivity index (χ1v) is 8.90. The molecule has 2 aromatic heterocycles. The normalized spacial score (nSPS) is 11.8. The van der Waals surface area contributed by atoms with Crippen LogP contribution < -0.4 is 5.56 Å². The van der Waals surface area contributed by atoms with Crippen LogP contribution in [-0.4, -0.2) is 38.7 Å². The molecule has 0 aliphatic heterocycles. The number of benzene rings is 1. The maximum Gasteiger partial charge on any atom is 0.292 e. The summed E-state index contributed by atoms with van der Waals surface area (Å²) in [6, 6.07) is 3.97. The Kier molecular flexibility index (Phi) is 5.75. The minimum Gasteiger partial charge on any atom is -0.507 e. The van der Waals surface area contributed by atoms with Gasteiger partial charge in [-0.05, 0) is 31.6 Å². The van der Waals surface area contributed by atoms with Gasteiger partial charge in [0.25, 0.3) is 5.56 Å². The van der Waals surface area contributed by atoms with E-state index in [0.29, 0.717) is 17.3 Å². The lowest BCUT2D eigenvalue weighted by Gasteiger charge is -2.24. The Labute approximate surface area is 162 Å². The fourth-order valence-electron chi connectivity index (χ4n) is 2.79. The lowest BCUT2D eigenvalue weighted by Crippen LogP contribution is -2.16. The zero-order chi connectivity index (χ0) is 18.4. The molecule has 0 saturated carbocycles. The van der Waals surface area contributed by atoms with E-state index in [1.54, 1.807) is 4.52 Å². The third kappa shape index (κ3) is 3.90. The molecule has 0 spiro atoms. The third-order valence-electron chi connectivity index (χ3n) is 3.95. The van der Waals surface area contributed by atoms with Gasteiger partial charge in [-0.25, -0.2) is 4.52 Å². The zero-order valence-electron chi connectivity index (χ0n) is 15.5. The zero-order valence-corrected chi connectivity index (χ0v) is 17.1. The summed E-state index contributed by atoms with van der Waals surface area (Å²) in [5.74, 6) is 0.336. The number of hydrogen-bond acceptors (Lipinski definition) is 6. The molecular weight excluding hydrogens is 372 g/mol. The molecule has 0 unspecified atom stereocenters. The van der Waals surface area contributed by atoms with Crippen molar-refractivity contribution in [3.63, 3.8) is 0 Å². The molecule has 0 aliphatic carbocycles. The van der Waals surface area contributed by atoms with Crippen molar-refractivity contribution in [3.05, 3.63) is 45.2 Å². The van der Waals surface area contributed by atoms with Crippen LogP contribution in [0.15, 0.2) is 28.5 Å². The molecule has 3 aromatic rings. The monoisotopic (exact) mass is 394 g/mol. The molecule has 0 aliphatic rings. The van der Waals surface area contributed by atoms with Crippen LogP contribution in [0.1, 0.15) is 31.9 Å². The molecule has 140 valence electrons. The van der Waals surface area contributed by atoms with Crippen molar-refractivity contribution in [2.45, 2.75) is 32.7 Å². The molecule has 26 heavy (non-hydrogen) atoms. The van der Waals surface area contributed by atoms with E-state index in [1.165, 1.54) is 17.5 Å². The van der Waals surface area contributed by atoms with Gasteiger partial charge in [-0.3, -0.25) is 4.79 Å². The van der Waals surface area contributed by atoms with E-state index in [2.05, 4.69) is 30.9 Å². The van der Waals surface area contributed by atoms with Crippen LogP contribution in [0.2, 0.25) is 0 Å². The minimum atomic E-state index is -0.345. The van der Waals surface area contributed by atoms with Crippen molar-refractivity contribution >= 4 is 28.7 Å². The summed E-state index contributed by atoms with van der Waals surface area (Å²) in [5.41, 5.74) is 3.01. The first-order chi connectivity index (χ1) is 11.7. The first kappa shape index (κ1) is 20.4. The minimum absolute atomic E-state index is 0. The third-order valence-corrected chi connectivity index (χ3v) is 4.77. The van der Waals surface area contributed by atoms with Crippen LogP contribution in [0, 0.1) is 0 Å². The maximum atomic E-state index is 11.4. The van der Waals surface area contributed by atoms with Crippen molar-refractivity contribution in [3.8, 4) is 17.0 Å². The highest BCUT2D eigenvalue weighted by atomic mass is 35.5. The maximum absolute atomic E-state index is 11.4. The Balaban J connectivity index is 0.00000243. The van der Waals surface area contributed by atoms with E-state index in [0.717, 1.165) is 22.4 Å². The lowest BCUT2D eigenvalue weighted by molar-refractivity contribution is 0.380. The van der Waals surface area contributed by atoms with Crippen LogP contribution in [0.3, 0.4) is 0 Å². The molecule has 6 nitrogen and oxygen atoms in total. The number of phenolic OH excluding ortho intramolecular Hbond substituents is 1. The lowest BCUT2D eigenvalue weighted by atomic mass is 9.83. The molecule has 0 amide bonds. The van der Waals surface area contributed by atoms with Crippen LogP contribution in [0.25, 0.3) is 16.2 Å². The van der Waals surface area contributed by atoms with Crippen molar-refractivity contribution in [1.82, 2.24) is 19.5 Å². The van der Waals surface area contributed by atoms with E-state index in [-0.39, 0.29) is 23.4 Å². The predicted octanol–water partition coefficient (Wildman–Crippen LogP) is 3.30. The molecule has 8 heteroatoms. The van der Waals surface area contributed by atoms with E-state index < -0.39 is 0 Å². The van der Waals surface area contributed by atoms with Crippen LogP contribution in [0.5, 0.6) is 5.75 Å². The molecular formula is C18H23ClN4O2S. The van der Waals surface area contributed by atoms with E-state index in [1.807, 2.05) is 36.5 Å². The smallest absolute Gasteiger partial charge is 0.292 e. The Morgan fingerprint density at radius 1 is 1.27 bits per heavy atom. The second-order valence-electron chi connectivity index (χ2n) is 7.43. The van der Waals surface area contributed by atoms with Gasteiger partial charge in [0.05, 0.1) is 5.69 Å². The first-order valence-electron chi connectivity index (χ1n) is 8.02. The SMILES string of the molecule is CN(C)Cc1cc(-c2csc3nc(=O)cnn23)cc(C(C)(C)C)c1O.Cl. The molecule has 0 radical (unpaired) electrons. The highest BCUT2D eigenvalue weighted by molar-refractivity contribution is 7.15. The van der Waals surface area contributed by atoms with Gasteiger partial charge in [0.15, 0.2) is 0 Å². The average molecular weight is 395 g/mol. The Bertz CT molecular complexity index is 989. The van der Waals surface area contributed by atoms with Crippen LogP contribution >= 0.6 is 23.7 Å². The number of thiazole rings is 1. The largest absolute Gasteiger partial charge is 0.507 e. The summed E-state index contributed by atoms with van der Waals surface area (Å²) in [6.45, 7) is 6.86. The molecule has 0 saturated heterocycles.